The number of hydrogen-bond acceptors (Lipinski definition) is 4. The Morgan fingerprint density at radius 1 is 1.07 bits per heavy atom. The summed E-state index contributed by atoms with van der Waals surface area (Å²) in [5.41, 5.74) is 6.03. The van der Waals surface area contributed by atoms with E-state index in [0.29, 0.717) is 0 Å². The molecule has 27 heavy (non-hydrogen) atoms. The first kappa shape index (κ1) is 16.4. The molecule has 2 aliphatic carbocycles. The van der Waals surface area contributed by atoms with Crippen molar-refractivity contribution in [2.75, 3.05) is 5.32 Å². The summed E-state index contributed by atoms with van der Waals surface area (Å²) in [5, 5.41) is 2.92. The molecule has 1 aromatic carbocycles. The van der Waals surface area contributed by atoms with Crippen LogP contribution in [0.15, 0.2) is 33.8 Å². The molecule has 0 saturated heterocycles. The van der Waals surface area contributed by atoms with Gasteiger partial charge in [-0.1, -0.05) is 6.07 Å². The molecule has 8 heteroatoms. The first-order chi connectivity index (χ1) is 13.0. The molecule has 0 spiro atoms. The highest BCUT2D eigenvalue weighted by molar-refractivity contribution is 7.93. The largest absolute Gasteiger partial charge is 0.331 e. The minimum Gasteiger partial charge on any atom is -0.307 e. The van der Waals surface area contributed by atoms with Gasteiger partial charge < -0.3 is 5.32 Å². The third-order valence-electron chi connectivity index (χ3n) is 5.47. The molecule has 3 amide bonds. The van der Waals surface area contributed by atoms with Crippen molar-refractivity contribution in [3.63, 3.8) is 0 Å². The predicted molar refractivity (Wildman–Crippen MR) is 100 cm³/mol. The summed E-state index contributed by atoms with van der Waals surface area (Å²) in [5.74, 6) is -0.598. The minimum absolute atomic E-state index is 0.161. The molecule has 5 rings (SSSR count). The molecule has 0 radical (unpaired) electrons. The normalized spacial score (nSPS) is 22.0. The number of pyridine rings is 1. The summed E-state index contributed by atoms with van der Waals surface area (Å²) in [6.07, 6.45) is 8.84. The fourth-order valence-electron chi connectivity index (χ4n) is 4.30. The van der Waals surface area contributed by atoms with Crippen molar-refractivity contribution in [3.05, 3.63) is 52.3 Å². The van der Waals surface area contributed by atoms with Crippen molar-refractivity contribution < 1.29 is 13.8 Å². The molecule has 2 aromatic rings. The molecule has 2 heterocycles. The van der Waals surface area contributed by atoms with Crippen LogP contribution in [0.25, 0.3) is 0 Å². The fourth-order valence-corrected chi connectivity index (χ4v) is 5.85. The highest BCUT2D eigenvalue weighted by atomic mass is 32.2. The van der Waals surface area contributed by atoms with Crippen molar-refractivity contribution >= 4 is 27.5 Å². The van der Waals surface area contributed by atoms with E-state index in [-0.39, 0.29) is 10.5 Å². The van der Waals surface area contributed by atoms with Crippen molar-refractivity contribution in [2.24, 2.45) is 4.36 Å². The van der Waals surface area contributed by atoms with E-state index in [4.69, 9.17) is 0 Å². The first-order valence-corrected chi connectivity index (χ1v) is 10.6. The number of anilines is 1. The Hall–Kier alpha value is -2.74. The van der Waals surface area contributed by atoms with Crippen LogP contribution >= 0.6 is 0 Å². The number of urea groups is 1. The van der Waals surface area contributed by atoms with Crippen LogP contribution in [-0.2, 0) is 35.6 Å². The van der Waals surface area contributed by atoms with Crippen molar-refractivity contribution in [1.29, 1.82) is 0 Å². The van der Waals surface area contributed by atoms with E-state index in [1.807, 2.05) is 0 Å². The molecule has 1 atom stereocenters. The van der Waals surface area contributed by atoms with Crippen molar-refractivity contribution in [2.45, 2.75) is 43.4 Å². The van der Waals surface area contributed by atoms with Crippen LogP contribution in [0.1, 0.15) is 45.5 Å². The van der Waals surface area contributed by atoms with Crippen LogP contribution in [0.4, 0.5) is 10.5 Å². The van der Waals surface area contributed by atoms with E-state index in [9.17, 15) is 13.8 Å². The van der Waals surface area contributed by atoms with Gasteiger partial charge in [0, 0.05) is 18.1 Å². The maximum absolute atomic E-state index is 13.1. The zero-order valence-electron chi connectivity index (χ0n) is 14.6. The van der Waals surface area contributed by atoms with Gasteiger partial charge in [-0.15, -0.1) is 4.36 Å². The summed E-state index contributed by atoms with van der Waals surface area (Å²) in [7, 11) is -3.36. The molecule has 1 aromatic heterocycles. The van der Waals surface area contributed by atoms with Crippen molar-refractivity contribution in [1.82, 2.24) is 9.71 Å². The SMILES string of the molecule is O=C(Nc1c2c(cc3c1CCC3)CCC2)NS1(=O)=NC(=O)c2ccncc21. The Kier molecular flexibility index (Phi) is 3.58. The molecule has 3 aliphatic rings. The Labute approximate surface area is 156 Å². The summed E-state index contributed by atoms with van der Waals surface area (Å²) >= 11 is 0. The van der Waals surface area contributed by atoms with Crippen LogP contribution in [-0.4, -0.2) is 21.1 Å². The molecule has 138 valence electrons. The second kappa shape index (κ2) is 5.88. The van der Waals surface area contributed by atoms with Gasteiger partial charge in [0.25, 0.3) is 5.91 Å². The lowest BCUT2D eigenvalue weighted by atomic mass is 9.99. The lowest BCUT2D eigenvalue weighted by molar-refractivity contribution is 0.101. The summed E-state index contributed by atoms with van der Waals surface area (Å²) in [6.45, 7) is 0. The third kappa shape index (κ3) is 2.55. The summed E-state index contributed by atoms with van der Waals surface area (Å²) in [6, 6.07) is 3.13. The Balaban J connectivity index is 1.48. The Bertz CT molecular complexity index is 1100. The predicted octanol–water partition coefficient (Wildman–Crippen LogP) is 2.78. The Morgan fingerprint density at radius 2 is 1.78 bits per heavy atom. The summed E-state index contributed by atoms with van der Waals surface area (Å²) < 4.78 is 19.2. The van der Waals surface area contributed by atoms with E-state index in [1.165, 1.54) is 40.7 Å². The van der Waals surface area contributed by atoms with E-state index >= 15 is 0 Å². The van der Waals surface area contributed by atoms with Gasteiger partial charge in [0.1, 0.15) is 0 Å². The van der Waals surface area contributed by atoms with E-state index in [2.05, 4.69) is 25.5 Å². The van der Waals surface area contributed by atoms with Gasteiger partial charge in [-0.2, -0.15) is 0 Å². The molecule has 7 nitrogen and oxygen atoms in total. The van der Waals surface area contributed by atoms with Gasteiger partial charge in [0.15, 0.2) is 9.92 Å². The van der Waals surface area contributed by atoms with Crippen LogP contribution in [0.2, 0.25) is 0 Å². The highest BCUT2D eigenvalue weighted by Gasteiger charge is 2.32. The maximum Gasteiger partial charge on any atom is 0.331 e. The lowest BCUT2D eigenvalue weighted by Gasteiger charge is -2.17. The van der Waals surface area contributed by atoms with Gasteiger partial charge in [0.05, 0.1) is 10.5 Å². The van der Waals surface area contributed by atoms with Gasteiger partial charge in [-0.05, 0) is 66.8 Å². The topological polar surface area (TPSA) is 101 Å². The first-order valence-electron chi connectivity index (χ1n) is 9.06. The number of aryl methyl sites for hydroxylation is 2. The number of amides is 3. The number of rotatable bonds is 2. The maximum atomic E-state index is 13.1. The number of nitrogens with one attached hydrogen (secondary N) is 2. The van der Waals surface area contributed by atoms with Gasteiger partial charge in [-0.25, -0.2) is 13.7 Å². The zero-order chi connectivity index (χ0) is 18.6. The average Bonchev–Trinajstić information content (AvgIpc) is 3.34. The van der Waals surface area contributed by atoms with Crippen LogP contribution in [0.3, 0.4) is 0 Å². The number of fused-ring (bicyclic) bond motifs is 3. The molecule has 0 fully saturated rings. The van der Waals surface area contributed by atoms with Crippen LogP contribution < -0.4 is 10.0 Å². The van der Waals surface area contributed by atoms with E-state index in [0.717, 1.165) is 44.2 Å². The van der Waals surface area contributed by atoms with Gasteiger partial charge in [-0.3, -0.25) is 9.78 Å². The lowest BCUT2D eigenvalue weighted by Crippen LogP contribution is -2.34. The monoisotopic (exact) mass is 382 g/mol. The number of nitrogens with zero attached hydrogens (tertiary/aromatic N) is 2. The second-order valence-electron chi connectivity index (χ2n) is 7.08. The fraction of sp³-hybridized carbons (Fsp3) is 0.316. The zero-order valence-corrected chi connectivity index (χ0v) is 15.4. The smallest absolute Gasteiger partial charge is 0.307 e. The molecular weight excluding hydrogens is 364 g/mol. The number of aromatic nitrogens is 1. The minimum atomic E-state index is -3.36. The molecule has 1 unspecified atom stereocenters. The molecular formula is C19H18N4O3S. The van der Waals surface area contributed by atoms with E-state index < -0.39 is 21.9 Å². The molecule has 1 aliphatic heterocycles. The Morgan fingerprint density at radius 3 is 2.48 bits per heavy atom. The third-order valence-corrected chi connectivity index (χ3v) is 7.27. The summed E-state index contributed by atoms with van der Waals surface area (Å²) in [4.78, 5) is 28.7. The number of carbonyl (C=O) groups is 2. The molecule has 0 saturated carbocycles. The van der Waals surface area contributed by atoms with Gasteiger partial charge in [0.2, 0.25) is 0 Å². The second-order valence-corrected chi connectivity index (χ2v) is 8.96. The molecule has 2 N–H and O–H groups in total. The van der Waals surface area contributed by atoms with E-state index in [1.54, 1.807) is 0 Å². The standard InChI is InChI=1S/C19H18N4O3S/c24-18-15-7-8-20-10-16(15)27(26,22-18)23-19(25)21-17-13-5-1-3-11(13)9-12-4-2-6-14(12)17/h7-10H,1-6H2,(H2,21,22,23,24,25,26). The van der Waals surface area contributed by atoms with Crippen LogP contribution in [0.5, 0.6) is 0 Å². The van der Waals surface area contributed by atoms with Crippen LogP contribution in [0, 0.1) is 0 Å². The molecule has 0 bridgehead atoms. The number of benzene rings is 1. The van der Waals surface area contributed by atoms with Gasteiger partial charge >= 0.3 is 6.03 Å². The number of hydrogen-bond donors (Lipinski definition) is 2. The average molecular weight is 382 g/mol. The number of carbonyl (C=O) groups excluding carboxylic acids is 2. The highest BCUT2D eigenvalue weighted by Crippen LogP contribution is 2.38. The van der Waals surface area contributed by atoms with Crippen molar-refractivity contribution in [3.8, 4) is 0 Å². The quantitative estimate of drug-likeness (QED) is 0.834.